The third kappa shape index (κ3) is 2.94. The Morgan fingerprint density at radius 3 is 2.73 bits per heavy atom. The van der Waals surface area contributed by atoms with E-state index in [2.05, 4.69) is 11.9 Å². The van der Waals surface area contributed by atoms with Gasteiger partial charge in [-0.3, -0.25) is 9.80 Å². The van der Waals surface area contributed by atoms with E-state index in [1.54, 1.807) is 21.7 Å². The zero-order chi connectivity index (χ0) is 16.3. The van der Waals surface area contributed by atoms with Crippen LogP contribution in [0.1, 0.15) is 37.0 Å². The summed E-state index contributed by atoms with van der Waals surface area (Å²) in [6, 6.07) is 3.23. The van der Waals surface area contributed by atoms with E-state index < -0.39 is 11.4 Å². The second kappa shape index (κ2) is 6.57. The Hall–Kier alpha value is -2.41. The summed E-state index contributed by atoms with van der Waals surface area (Å²) in [6.45, 7) is 5.11. The number of hydrogen-bond acceptors (Lipinski definition) is 5. The molecule has 0 radical (unpaired) electrons. The van der Waals surface area contributed by atoms with Gasteiger partial charge in [0.15, 0.2) is 0 Å². The topological polar surface area (TPSA) is 101 Å². The number of hydrazine groups is 1. The minimum Gasteiger partial charge on any atom is -0.477 e. The number of carbonyl (C=O) groups is 1. The van der Waals surface area contributed by atoms with Gasteiger partial charge in [0.2, 0.25) is 5.43 Å². The zero-order valence-corrected chi connectivity index (χ0v) is 12.7. The Morgan fingerprint density at radius 2 is 2.14 bits per heavy atom. The van der Waals surface area contributed by atoms with Crippen molar-refractivity contribution in [2.75, 3.05) is 11.6 Å². The van der Waals surface area contributed by atoms with Crippen molar-refractivity contribution in [3.8, 4) is 0 Å². The molecule has 22 heavy (non-hydrogen) atoms. The minimum absolute atomic E-state index is 0.250. The summed E-state index contributed by atoms with van der Waals surface area (Å²) in [7, 11) is 0. The fraction of sp³-hybridized carbons (Fsp3) is 0.400. The summed E-state index contributed by atoms with van der Waals surface area (Å²) >= 11 is 0. The highest BCUT2D eigenvalue weighted by Crippen LogP contribution is 2.16. The van der Waals surface area contributed by atoms with Crippen LogP contribution in [0.2, 0.25) is 0 Å². The summed E-state index contributed by atoms with van der Waals surface area (Å²) in [4.78, 5) is 27.8. The van der Waals surface area contributed by atoms with Gasteiger partial charge in [-0.15, -0.1) is 0 Å². The van der Waals surface area contributed by atoms with Crippen LogP contribution in [0.15, 0.2) is 23.1 Å². The Kier molecular flexibility index (Phi) is 4.77. The molecule has 0 bridgehead atoms. The van der Waals surface area contributed by atoms with Crippen LogP contribution in [0.5, 0.6) is 0 Å². The number of carboxylic acid groups (broad SMARTS) is 1. The third-order valence-electron chi connectivity index (χ3n) is 3.52. The summed E-state index contributed by atoms with van der Waals surface area (Å²) in [5, 5.41) is 10.9. The van der Waals surface area contributed by atoms with Crippen molar-refractivity contribution < 1.29 is 9.90 Å². The Bertz CT molecular complexity index is 754. The van der Waals surface area contributed by atoms with Crippen molar-refractivity contribution in [1.82, 2.24) is 9.55 Å². The molecule has 0 spiro atoms. The van der Waals surface area contributed by atoms with Gasteiger partial charge in [0.25, 0.3) is 0 Å². The second-order valence-corrected chi connectivity index (χ2v) is 5.05. The number of nitrogens with zero attached hydrogens (tertiary/aromatic N) is 3. The monoisotopic (exact) mass is 304 g/mol. The van der Waals surface area contributed by atoms with Crippen molar-refractivity contribution in [3.63, 3.8) is 0 Å². The predicted molar refractivity (Wildman–Crippen MR) is 85.1 cm³/mol. The number of aryl methyl sites for hydroxylation is 1. The van der Waals surface area contributed by atoms with E-state index in [-0.39, 0.29) is 10.9 Å². The summed E-state index contributed by atoms with van der Waals surface area (Å²) in [5.41, 5.74) is -0.329. The van der Waals surface area contributed by atoms with Crippen LogP contribution >= 0.6 is 0 Å². The quantitative estimate of drug-likeness (QED) is 0.621. The first-order valence-electron chi connectivity index (χ1n) is 7.29. The number of unbranched alkanes of at least 4 members (excludes halogenated alkanes) is 1. The average Bonchev–Trinajstić information content (AvgIpc) is 2.52. The van der Waals surface area contributed by atoms with E-state index in [1.165, 1.54) is 6.20 Å². The molecule has 0 saturated heterocycles. The molecule has 7 heteroatoms. The molecular weight excluding hydrogens is 284 g/mol. The van der Waals surface area contributed by atoms with Crippen LogP contribution in [0.25, 0.3) is 11.0 Å². The molecule has 2 aromatic heterocycles. The fourth-order valence-electron chi connectivity index (χ4n) is 2.25. The highest BCUT2D eigenvalue weighted by atomic mass is 16.4. The summed E-state index contributed by atoms with van der Waals surface area (Å²) < 4.78 is 1.65. The van der Waals surface area contributed by atoms with Gasteiger partial charge in [0, 0.05) is 19.3 Å². The van der Waals surface area contributed by atoms with Crippen molar-refractivity contribution in [1.29, 1.82) is 0 Å². The highest BCUT2D eigenvalue weighted by molar-refractivity contribution is 5.92. The van der Waals surface area contributed by atoms with Gasteiger partial charge in [0.05, 0.1) is 5.39 Å². The summed E-state index contributed by atoms with van der Waals surface area (Å²) in [5.74, 6) is 5.30. The number of pyridine rings is 2. The number of hydrogen-bond donors (Lipinski definition) is 2. The molecule has 2 rings (SSSR count). The number of fused-ring (bicyclic) bond motifs is 1. The largest absolute Gasteiger partial charge is 0.477 e. The number of nitrogens with two attached hydrogens (primary N) is 1. The standard InChI is InChI=1S/C15H20N4O3/c1-3-5-8-19(16)12-7-6-10-13(20)11(15(21)22)9-18(4-2)14(10)17-12/h6-7,9H,3-5,8,16H2,1-2H3,(H,21,22). The highest BCUT2D eigenvalue weighted by Gasteiger charge is 2.16. The lowest BCUT2D eigenvalue weighted by atomic mass is 10.2. The third-order valence-corrected chi connectivity index (χ3v) is 3.52. The Balaban J connectivity index is 2.59. The van der Waals surface area contributed by atoms with E-state index in [9.17, 15) is 9.59 Å². The molecule has 2 aromatic rings. The number of aromatic nitrogens is 2. The SMILES string of the molecule is CCCCN(N)c1ccc2c(=O)c(C(=O)O)cn(CC)c2n1. The second-order valence-electron chi connectivity index (χ2n) is 5.05. The van der Waals surface area contributed by atoms with Crippen LogP contribution in [-0.4, -0.2) is 27.2 Å². The predicted octanol–water partition coefficient (Wildman–Crippen LogP) is 1.59. The lowest BCUT2D eigenvalue weighted by Crippen LogP contribution is -2.32. The molecule has 0 fully saturated rings. The molecule has 0 atom stereocenters. The van der Waals surface area contributed by atoms with E-state index in [0.717, 1.165) is 12.8 Å². The summed E-state index contributed by atoms with van der Waals surface area (Å²) in [6.07, 6.45) is 3.29. The van der Waals surface area contributed by atoms with E-state index >= 15 is 0 Å². The van der Waals surface area contributed by atoms with Crippen LogP contribution < -0.4 is 16.3 Å². The number of aromatic carboxylic acids is 1. The van der Waals surface area contributed by atoms with Gasteiger partial charge in [-0.25, -0.2) is 15.6 Å². The maximum Gasteiger partial charge on any atom is 0.341 e. The number of rotatable bonds is 6. The molecule has 0 aliphatic carbocycles. The molecule has 118 valence electrons. The molecule has 0 saturated carbocycles. The lowest BCUT2D eigenvalue weighted by molar-refractivity contribution is 0.0695. The minimum atomic E-state index is -1.23. The first-order chi connectivity index (χ1) is 10.5. The average molecular weight is 304 g/mol. The molecular formula is C15H20N4O3. The zero-order valence-electron chi connectivity index (χ0n) is 12.7. The maximum absolute atomic E-state index is 12.2. The Labute approximate surface area is 128 Å². The van der Waals surface area contributed by atoms with Gasteiger partial charge >= 0.3 is 5.97 Å². The molecule has 7 nitrogen and oxygen atoms in total. The van der Waals surface area contributed by atoms with Crippen LogP contribution in [0.3, 0.4) is 0 Å². The first-order valence-corrected chi connectivity index (χ1v) is 7.29. The lowest BCUT2D eigenvalue weighted by Gasteiger charge is -2.18. The number of carboxylic acids is 1. The van der Waals surface area contributed by atoms with Gasteiger partial charge in [-0.05, 0) is 25.5 Å². The molecule has 0 aromatic carbocycles. The van der Waals surface area contributed by atoms with E-state index in [0.29, 0.717) is 24.6 Å². The number of anilines is 1. The van der Waals surface area contributed by atoms with Gasteiger partial charge in [-0.1, -0.05) is 13.3 Å². The molecule has 2 heterocycles. The molecule has 0 unspecified atom stereocenters. The van der Waals surface area contributed by atoms with Crippen LogP contribution in [0, 0.1) is 0 Å². The van der Waals surface area contributed by atoms with Crippen LogP contribution in [-0.2, 0) is 6.54 Å². The molecule has 3 N–H and O–H groups in total. The molecule has 0 aliphatic heterocycles. The maximum atomic E-state index is 12.2. The Morgan fingerprint density at radius 1 is 1.41 bits per heavy atom. The van der Waals surface area contributed by atoms with E-state index in [1.807, 2.05) is 6.92 Å². The van der Waals surface area contributed by atoms with E-state index in [4.69, 9.17) is 10.9 Å². The van der Waals surface area contributed by atoms with Crippen molar-refractivity contribution in [2.45, 2.75) is 33.2 Å². The molecule has 0 aliphatic rings. The van der Waals surface area contributed by atoms with Crippen molar-refractivity contribution >= 4 is 22.8 Å². The van der Waals surface area contributed by atoms with Gasteiger partial charge in [0.1, 0.15) is 17.0 Å². The first kappa shape index (κ1) is 16.0. The van der Waals surface area contributed by atoms with Gasteiger partial charge in [-0.2, -0.15) is 0 Å². The smallest absolute Gasteiger partial charge is 0.341 e. The van der Waals surface area contributed by atoms with Gasteiger partial charge < -0.3 is 9.67 Å². The van der Waals surface area contributed by atoms with Crippen LogP contribution in [0.4, 0.5) is 5.82 Å². The normalized spacial score (nSPS) is 10.9. The fourth-order valence-corrected chi connectivity index (χ4v) is 2.25. The van der Waals surface area contributed by atoms with Crippen molar-refractivity contribution in [3.05, 3.63) is 34.1 Å². The van der Waals surface area contributed by atoms with Crippen molar-refractivity contribution in [2.24, 2.45) is 5.84 Å². The molecule has 0 amide bonds.